The molecule has 2 rings (SSSR count). The second-order valence-corrected chi connectivity index (χ2v) is 4.24. The van der Waals surface area contributed by atoms with Crippen LogP contribution in [0.2, 0.25) is 0 Å². The molecular weight excluding hydrogens is 244 g/mol. The zero-order chi connectivity index (χ0) is 13.7. The summed E-state index contributed by atoms with van der Waals surface area (Å²) in [5.41, 5.74) is 8.34. The number of methoxy groups -OCH3 is 1. The summed E-state index contributed by atoms with van der Waals surface area (Å²) < 4.78 is 4.94. The summed E-state index contributed by atoms with van der Waals surface area (Å²) in [6.45, 7) is 2.24. The Kier molecular flexibility index (Phi) is 4.43. The highest BCUT2D eigenvalue weighted by Gasteiger charge is 2.11. The van der Waals surface area contributed by atoms with E-state index in [0.717, 1.165) is 29.9 Å². The number of nitrogens with two attached hydrogens (primary N) is 1. The Bertz CT molecular complexity index is 509. The fourth-order valence-electron chi connectivity index (χ4n) is 1.82. The van der Waals surface area contributed by atoms with Crippen LogP contribution in [0.5, 0.6) is 6.01 Å². The van der Waals surface area contributed by atoms with Gasteiger partial charge in [0.25, 0.3) is 0 Å². The van der Waals surface area contributed by atoms with E-state index in [1.807, 2.05) is 13.2 Å². The molecule has 0 aliphatic rings. The van der Waals surface area contributed by atoms with Crippen LogP contribution in [-0.2, 0) is 6.54 Å². The lowest BCUT2D eigenvalue weighted by atomic mass is 10.1. The van der Waals surface area contributed by atoms with Crippen molar-refractivity contribution >= 4 is 0 Å². The van der Waals surface area contributed by atoms with Crippen LogP contribution in [0.25, 0.3) is 11.3 Å². The van der Waals surface area contributed by atoms with E-state index in [9.17, 15) is 0 Å². The molecule has 7 nitrogen and oxygen atoms in total. The Morgan fingerprint density at radius 3 is 2.74 bits per heavy atom. The highest BCUT2D eigenvalue weighted by molar-refractivity contribution is 5.60. The molecule has 2 heterocycles. The average molecular weight is 262 g/mol. The van der Waals surface area contributed by atoms with Gasteiger partial charge in [-0.15, -0.1) is 0 Å². The van der Waals surface area contributed by atoms with Gasteiger partial charge in [-0.05, 0) is 7.05 Å². The Balaban J connectivity index is 2.18. The molecule has 0 aliphatic heterocycles. The summed E-state index contributed by atoms with van der Waals surface area (Å²) >= 11 is 0. The standard InChI is InChI=1S/C12H18N6O/c1-18(4-3-13)8-10-7-16-17-11(10)9-5-14-12(19-2)15-6-9/h5-7H,3-4,8,13H2,1-2H3,(H,16,17). The number of aromatic amines is 1. The molecule has 0 amide bonds. The molecular formula is C12H18N6O. The first-order valence-corrected chi connectivity index (χ1v) is 6.02. The second kappa shape index (κ2) is 6.26. The minimum absolute atomic E-state index is 0.348. The van der Waals surface area contributed by atoms with Crippen molar-refractivity contribution in [3.05, 3.63) is 24.2 Å². The highest BCUT2D eigenvalue weighted by atomic mass is 16.5. The molecule has 0 spiro atoms. The van der Waals surface area contributed by atoms with E-state index in [0.29, 0.717) is 12.6 Å². The number of ether oxygens (including phenoxy) is 1. The van der Waals surface area contributed by atoms with Crippen LogP contribution in [0.1, 0.15) is 5.56 Å². The van der Waals surface area contributed by atoms with Crippen LogP contribution in [0.15, 0.2) is 18.6 Å². The first-order chi connectivity index (χ1) is 9.24. The van der Waals surface area contributed by atoms with Gasteiger partial charge in [0.15, 0.2) is 0 Å². The number of nitrogens with one attached hydrogen (secondary N) is 1. The molecule has 3 N–H and O–H groups in total. The van der Waals surface area contributed by atoms with Gasteiger partial charge in [0, 0.05) is 49.4 Å². The number of hydrogen-bond acceptors (Lipinski definition) is 6. The lowest BCUT2D eigenvalue weighted by molar-refractivity contribution is 0.337. The Labute approximate surface area is 111 Å². The summed E-state index contributed by atoms with van der Waals surface area (Å²) in [5, 5.41) is 7.13. The van der Waals surface area contributed by atoms with Gasteiger partial charge < -0.3 is 15.4 Å². The van der Waals surface area contributed by atoms with Crippen LogP contribution >= 0.6 is 0 Å². The van der Waals surface area contributed by atoms with Crippen LogP contribution in [0.3, 0.4) is 0 Å². The molecule has 7 heteroatoms. The van der Waals surface area contributed by atoms with E-state index < -0.39 is 0 Å². The quantitative estimate of drug-likeness (QED) is 0.776. The SMILES string of the molecule is COc1ncc(-c2n[nH]cc2CN(C)CCN)cn1. The van der Waals surface area contributed by atoms with Crippen LogP contribution in [-0.4, -0.2) is 52.3 Å². The summed E-state index contributed by atoms with van der Waals surface area (Å²) in [6.07, 6.45) is 5.29. The van der Waals surface area contributed by atoms with Crippen molar-refractivity contribution in [1.82, 2.24) is 25.1 Å². The summed E-state index contributed by atoms with van der Waals surface area (Å²) in [4.78, 5) is 10.3. The molecule has 19 heavy (non-hydrogen) atoms. The van der Waals surface area contributed by atoms with Crippen molar-refractivity contribution in [2.24, 2.45) is 5.73 Å². The maximum atomic E-state index is 5.54. The van der Waals surface area contributed by atoms with E-state index in [-0.39, 0.29) is 0 Å². The van der Waals surface area contributed by atoms with E-state index in [2.05, 4.69) is 25.1 Å². The average Bonchev–Trinajstić information content (AvgIpc) is 2.87. The molecule has 102 valence electrons. The predicted molar refractivity (Wildman–Crippen MR) is 71.6 cm³/mol. The molecule has 0 unspecified atom stereocenters. The van der Waals surface area contributed by atoms with Crippen molar-refractivity contribution in [2.45, 2.75) is 6.54 Å². The first-order valence-electron chi connectivity index (χ1n) is 6.02. The lowest BCUT2D eigenvalue weighted by Gasteiger charge is -2.14. The fourth-order valence-corrected chi connectivity index (χ4v) is 1.82. The van der Waals surface area contributed by atoms with Crippen molar-refractivity contribution in [1.29, 1.82) is 0 Å². The van der Waals surface area contributed by atoms with Crippen LogP contribution in [0, 0.1) is 0 Å². The van der Waals surface area contributed by atoms with E-state index in [1.54, 1.807) is 12.4 Å². The monoisotopic (exact) mass is 262 g/mol. The fraction of sp³-hybridized carbons (Fsp3) is 0.417. The minimum atomic E-state index is 0.348. The Morgan fingerprint density at radius 2 is 2.11 bits per heavy atom. The third-order valence-corrected chi connectivity index (χ3v) is 2.75. The molecule has 2 aromatic heterocycles. The molecule has 0 aromatic carbocycles. The lowest BCUT2D eigenvalue weighted by Crippen LogP contribution is -2.25. The smallest absolute Gasteiger partial charge is 0.316 e. The molecule has 0 saturated heterocycles. The van der Waals surface area contributed by atoms with Gasteiger partial charge in [0.2, 0.25) is 0 Å². The largest absolute Gasteiger partial charge is 0.467 e. The van der Waals surface area contributed by atoms with Crippen molar-refractivity contribution in [2.75, 3.05) is 27.2 Å². The molecule has 0 radical (unpaired) electrons. The maximum absolute atomic E-state index is 5.54. The van der Waals surface area contributed by atoms with Gasteiger partial charge >= 0.3 is 6.01 Å². The van der Waals surface area contributed by atoms with Crippen molar-refractivity contribution in [3.8, 4) is 17.3 Å². The number of hydrogen-bond donors (Lipinski definition) is 2. The van der Waals surface area contributed by atoms with Gasteiger partial charge in [0.1, 0.15) is 0 Å². The predicted octanol–water partition coefficient (Wildman–Crippen LogP) is 0.266. The molecule has 0 atom stereocenters. The molecule has 0 fully saturated rings. The topological polar surface area (TPSA) is 93.0 Å². The second-order valence-electron chi connectivity index (χ2n) is 4.24. The summed E-state index contributed by atoms with van der Waals surface area (Å²) in [5.74, 6) is 0. The number of likely N-dealkylation sites (N-methyl/N-ethyl adjacent to an activating group) is 1. The molecule has 2 aromatic rings. The van der Waals surface area contributed by atoms with Gasteiger partial charge in [-0.3, -0.25) is 5.10 Å². The van der Waals surface area contributed by atoms with Crippen molar-refractivity contribution < 1.29 is 4.74 Å². The van der Waals surface area contributed by atoms with E-state index >= 15 is 0 Å². The molecule has 0 aliphatic carbocycles. The van der Waals surface area contributed by atoms with E-state index in [1.165, 1.54) is 7.11 Å². The first kappa shape index (κ1) is 13.4. The third-order valence-electron chi connectivity index (χ3n) is 2.75. The number of H-pyrrole nitrogens is 1. The number of aromatic nitrogens is 4. The number of rotatable bonds is 6. The molecule has 0 saturated carbocycles. The summed E-state index contributed by atoms with van der Waals surface area (Å²) in [6, 6.07) is 0.348. The van der Waals surface area contributed by atoms with Crippen molar-refractivity contribution in [3.63, 3.8) is 0 Å². The van der Waals surface area contributed by atoms with Gasteiger partial charge in [-0.1, -0.05) is 0 Å². The summed E-state index contributed by atoms with van der Waals surface area (Å²) in [7, 11) is 3.56. The van der Waals surface area contributed by atoms with E-state index in [4.69, 9.17) is 10.5 Å². The van der Waals surface area contributed by atoms with Gasteiger partial charge in [0.05, 0.1) is 12.8 Å². The van der Waals surface area contributed by atoms with Gasteiger partial charge in [-0.2, -0.15) is 5.10 Å². The Hall–Kier alpha value is -1.99. The zero-order valence-electron chi connectivity index (χ0n) is 11.1. The maximum Gasteiger partial charge on any atom is 0.316 e. The normalized spacial score (nSPS) is 10.9. The molecule has 0 bridgehead atoms. The minimum Gasteiger partial charge on any atom is -0.467 e. The van der Waals surface area contributed by atoms with Gasteiger partial charge in [-0.25, -0.2) is 9.97 Å². The van der Waals surface area contributed by atoms with Crippen LogP contribution < -0.4 is 10.5 Å². The van der Waals surface area contributed by atoms with Crippen LogP contribution in [0.4, 0.5) is 0 Å². The Morgan fingerprint density at radius 1 is 1.37 bits per heavy atom. The zero-order valence-corrected chi connectivity index (χ0v) is 11.1. The number of nitrogens with zero attached hydrogens (tertiary/aromatic N) is 4. The third kappa shape index (κ3) is 3.27. The highest BCUT2D eigenvalue weighted by Crippen LogP contribution is 2.21.